The normalized spacial score (nSPS) is 11.2. The van der Waals surface area contributed by atoms with Crippen molar-refractivity contribution in [3.05, 3.63) is 95.6 Å². The summed E-state index contributed by atoms with van der Waals surface area (Å²) >= 11 is 0. The Balaban J connectivity index is 1.66. The lowest BCUT2D eigenvalue weighted by molar-refractivity contribution is -0.140. The molecule has 2 amide bonds. The van der Waals surface area contributed by atoms with Crippen LogP contribution in [0.2, 0.25) is 0 Å². The molecular weight excluding hydrogens is 552 g/mol. The second kappa shape index (κ2) is 15.1. The number of methoxy groups -OCH3 is 4. The topological polar surface area (TPSA) is 130 Å². The van der Waals surface area contributed by atoms with E-state index in [2.05, 4.69) is 20.6 Å². The van der Waals surface area contributed by atoms with Gasteiger partial charge in [0.2, 0.25) is 11.8 Å². The summed E-state index contributed by atoms with van der Waals surface area (Å²) in [5.41, 5.74) is 2.85. The average Bonchev–Trinajstić information content (AvgIpc) is 3.04. The number of esters is 1. The SMILES string of the molecule is COC(=O)CC(c1ccccc1)c1cccc(NC(=O)NCCc2ccc(OC)cc2)c1Oc1nc(OC)cc(OC)n1. The van der Waals surface area contributed by atoms with Gasteiger partial charge in [0.1, 0.15) is 5.75 Å². The third-order valence-corrected chi connectivity index (χ3v) is 6.60. The number of anilines is 1. The predicted molar refractivity (Wildman–Crippen MR) is 160 cm³/mol. The number of carbonyl (C=O) groups excluding carboxylic acids is 2. The van der Waals surface area contributed by atoms with Gasteiger partial charge >= 0.3 is 18.0 Å². The zero-order valence-corrected chi connectivity index (χ0v) is 24.5. The molecule has 0 aliphatic rings. The maximum absolute atomic E-state index is 13.0. The fourth-order valence-corrected chi connectivity index (χ4v) is 4.39. The Bertz CT molecular complexity index is 1490. The van der Waals surface area contributed by atoms with Crippen molar-refractivity contribution < 1.29 is 33.3 Å². The van der Waals surface area contributed by atoms with E-state index >= 15 is 0 Å². The lowest BCUT2D eigenvalue weighted by atomic mass is 9.87. The summed E-state index contributed by atoms with van der Waals surface area (Å²) in [4.78, 5) is 34.2. The maximum Gasteiger partial charge on any atom is 0.328 e. The minimum absolute atomic E-state index is 0.0245. The highest BCUT2D eigenvalue weighted by Crippen LogP contribution is 2.41. The number of amides is 2. The number of carbonyl (C=O) groups is 2. The molecule has 0 fully saturated rings. The molecule has 224 valence electrons. The predicted octanol–water partition coefficient (Wildman–Crippen LogP) is 5.35. The van der Waals surface area contributed by atoms with Crippen LogP contribution in [-0.2, 0) is 16.0 Å². The fraction of sp³-hybridized carbons (Fsp3) is 0.250. The summed E-state index contributed by atoms with van der Waals surface area (Å²) in [6, 6.07) is 23.4. The van der Waals surface area contributed by atoms with Gasteiger partial charge in [-0.1, -0.05) is 54.6 Å². The Kier molecular flexibility index (Phi) is 10.7. The summed E-state index contributed by atoms with van der Waals surface area (Å²) in [6.45, 7) is 0.388. The summed E-state index contributed by atoms with van der Waals surface area (Å²) in [5.74, 6) is 0.574. The molecule has 1 aromatic heterocycles. The van der Waals surface area contributed by atoms with Crippen molar-refractivity contribution in [1.82, 2.24) is 15.3 Å². The lowest BCUT2D eigenvalue weighted by Gasteiger charge is -2.22. The monoisotopic (exact) mass is 586 g/mol. The van der Waals surface area contributed by atoms with E-state index in [1.807, 2.05) is 60.7 Å². The molecule has 11 heteroatoms. The van der Waals surface area contributed by atoms with E-state index in [4.69, 9.17) is 23.7 Å². The molecule has 1 heterocycles. The first-order valence-corrected chi connectivity index (χ1v) is 13.5. The molecule has 0 bridgehead atoms. The molecule has 3 aromatic carbocycles. The first kappa shape index (κ1) is 30.6. The van der Waals surface area contributed by atoms with E-state index in [9.17, 15) is 9.59 Å². The van der Waals surface area contributed by atoms with Gasteiger partial charge in [-0.3, -0.25) is 4.79 Å². The molecule has 0 saturated heterocycles. The van der Waals surface area contributed by atoms with Crippen LogP contribution in [0.3, 0.4) is 0 Å². The molecule has 4 aromatic rings. The number of ether oxygens (including phenoxy) is 5. The molecule has 2 N–H and O–H groups in total. The molecular formula is C32H34N4O7. The van der Waals surface area contributed by atoms with Gasteiger partial charge in [-0.15, -0.1) is 0 Å². The highest BCUT2D eigenvalue weighted by molar-refractivity contribution is 5.91. The van der Waals surface area contributed by atoms with Crippen LogP contribution >= 0.6 is 0 Å². The van der Waals surface area contributed by atoms with Gasteiger partial charge in [0.25, 0.3) is 0 Å². The third kappa shape index (κ3) is 8.35. The zero-order chi connectivity index (χ0) is 30.6. The number of nitrogens with zero attached hydrogens (tertiary/aromatic N) is 2. The maximum atomic E-state index is 13.0. The van der Waals surface area contributed by atoms with Crippen molar-refractivity contribution >= 4 is 17.7 Å². The molecule has 4 rings (SSSR count). The minimum atomic E-state index is -0.476. The highest BCUT2D eigenvalue weighted by Gasteiger charge is 2.26. The van der Waals surface area contributed by atoms with Crippen molar-refractivity contribution in [2.24, 2.45) is 0 Å². The summed E-state index contributed by atoms with van der Waals surface area (Å²) in [7, 11) is 5.88. The molecule has 0 radical (unpaired) electrons. The number of nitrogens with one attached hydrogen (secondary N) is 2. The smallest absolute Gasteiger partial charge is 0.328 e. The van der Waals surface area contributed by atoms with Crippen molar-refractivity contribution in [3.63, 3.8) is 0 Å². The molecule has 0 saturated carbocycles. The van der Waals surface area contributed by atoms with Gasteiger partial charge < -0.3 is 34.3 Å². The van der Waals surface area contributed by atoms with Crippen LogP contribution in [0.25, 0.3) is 0 Å². The Morgan fingerprint density at radius 1 is 0.814 bits per heavy atom. The van der Waals surface area contributed by atoms with E-state index in [1.165, 1.54) is 27.4 Å². The van der Waals surface area contributed by atoms with Gasteiger partial charge in [0, 0.05) is 18.0 Å². The molecule has 0 spiro atoms. The average molecular weight is 587 g/mol. The second-order valence-corrected chi connectivity index (χ2v) is 9.28. The van der Waals surface area contributed by atoms with Crippen LogP contribution in [0.5, 0.6) is 29.3 Å². The van der Waals surface area contributed by atoms with Crippen LogP contribution < -0.4 is 29.6 Å². The third-order valence-electron chi connectivity index (χ3n) is 6.60. The Hall–Kier alpha value is -5.32. The second-order valence-electron chi connectivity index (χ2n) is 9.28. The quantitative estimate of drug-likeness (QED) is 0.199. The van der Waals surface area contributed by atoms with Gasteiger partial charge in [-0.05, 0) is 35.7 Å². The van der Waals surface area contributed by atoms with Gasteiger partial charge in [-0.25, -0.2) is 4.79 Å². The molecule has 0 aliphatic heterocycles. The van der Waals surface area contributed by atoms with E-state index in [1.54, 1.807) is 19.2 Å². The van der Waals surface area contributed by atoms with E-state index < -0.39 is 17.9 Å². The number of para-hydroxylation sites is 1. The summed E-state index contributed by atoms with van der Waals surface area (Å²) < 4.78 is 27.0. The van der Waals surface area contributed by atoms with Crippen LogP contribution in [0, 0.1) is 0 Å². The van der Waals surface area contributed by atoms with Crippen LogP contribution in [0.4, 0.5) is 10.5 Å². The highest BCUT2D eigenvalue weighted by atomic mass is 16.5. The first-order valence-electron chi connectivity index (χ1n) is 13.5. The van der Waals surface area contributed by atoms with E-state index in [0.29, 0.717) is 24.2 Å². The van der Waals surface area contributed by atoms with Crippen LogP contribution in [-0.4, -0.2) is 57.0 Å². The van der Waals surface area contributed by atoms with Gasteiger partial charge in [0.15, 0.2) is 5.75 Å². The zero-order valence-electron chi connectivity index (χ0n) is 24.5. The Labute approximate surface area is 250 Å². The molecule has 11 nitrogen and oxygen atoms in total. The number of hydrogen-bond donors (Lipinski definition) is 2. The van der Waals surface area contributed by atoms with Gasteiger partial charge in [-0.2, -0.15) is 9.97 Å². The Morgan fingerprint density at radius 3 is 2.14 bits per heavy atom. The van der Waals surface area contributed by atoms with Crippen LogP contribution in [0.1, 0.15) is 29.0 Å². The van der Waals surface area contributed by atoms with Crippen molar-refractivity contribution in [2.75, 3.05) is 40.3 Å². The van der Waals surface area contributed by atoms with Crippen molar-refractivity contribution in [3.8, 4) is 29.3 Å². The largest absolute Gasteiger partial charge is 0.497 e. The minimum Gasteiger partial charge on any atom is -0.497 e. The number of benzene rings is 3. The summed E-state index contributed by atoms with van der Waals surface area (Å²) in [5, 5.41) is 5.75. The van der Waals surface area contributed by atoms with Gasteiger partial charge in [0.05, 0.1) is 46.6 Å². The number of aromatic nitrogens is 2. The van der Waals surface area contributed by atoms with Crippen molar-refractivity contribution in [2.45, 2.75) is 18.8 Å². The molecule has 0 aliphatic carbocycles. The first-order chi connectivity index (χ1) is 20.9. The number of urea groups is 1. The summed E-state index contributed by atoms with van der Waals surface area (Å²) in [6.07, 6.45) is 0.643. The fourth-order valence-electron chi connectivity index (χ4n) is 4.39. The molecule has 1 unspecified atom stereocenters. The Morgan fingerprint density at radius 2 is 1.51 bits per heavy atom. The standard InChI is InChI=1S/C32H34N4O7/c1-39-23-15-13-21(14-16-23)17-18-33-31(38)34-26-12-8-11-24(25(19-29(37)42-4)22-9-6-5-7-10-22)30(26)43-32-35-27(40-2)20-28(36-32)41-3/h5-16,20,25H,17-19H2,1-4H3,(H2,33,34,38). The number of hydrogen-bond acceptors (Lipinski definition) is 9. The molecule has 1 atom stereocenters. The van der Waals surface area contributed by atoms with E-state index in [-0.39, 0.29) is 29.9 Å². The van der Waals surface area contributed by atoms with E-state index in [0.717, 1.165) is 16.9 Å². The van der Waals surface area contributed by atoms with Crippen LogP contribution in [0.15, 0.2) is 78.9 Å². The van der Waals surface area contributed by atoms with Crippen molar-refractivity contribution in [1.29, 1.82) is 0 Å². The molecule has 43 heavy (non-hydrogen) atoms. The lowest BCUT2D eigenvalue weighted by Crippen LogP contribution is -2.30. The number of rotatable bonds is 13.